The first-order valence-corrected chi connectivity index (χ1v) is 8.92. The van der Waals surface area contributed by atoms with Crippen LogP contribution in [0.4, 0.5) is 0 Å². The van der Waals surface area contributed by atoms with Crippen LogP contribution in [0.2, 0.25) is 0 Å². The normalized spacial score (nSPS) is 13.0. The molecule has 0 heterocycles. The minimum atomic E-state index is -3.94. The number of halogens is 1. The van der Waals surface area contributed by atoms with E-state index in [1.165, 1.54) is 12.1 Å². The van der Waals surface area contributed by atoms with Crippen molar-refractivity contribution < 1.29 is 17.9 Å². The zero-order valence-electron chi connectivity index (χ0n) is 12.5. The molecule has 0 saturated heterocycles. The van der Waals surface area contributed by atoms with E-state index < -0.39 is 15.2 Å². The molecule has 0 aliphatic heterocycles. The van der Waals surface area contributed by atoms with Crippen LogP contribution in [0.15, 0.2) is 23.1 Å². The zero-order valence-corrected chi connectivity index (χ0v) is 14.1. The number of aryl methyl sites for hydroxylation is 1. The quantitative estimate of drug-likeness (QED) is 0.812. The van der Waals surface area contributed by atoms with Crippen molar-refractivity contribution in [3.05, 3.63) is 23.8 Å². The lowest BCUT2D eigenvalue weighted by molar-refractivity contribution is -0.127. The second kappa shape index (κ2) is 7.13. The van der Waals surface area contributed by atoms with Crippen LogP contribution >= 0.6 is 10.7 Å². The van der Waals surface area contributed by atoms with E-state index >= 15 is 0 Å². The fourth-order valence-corrected chi connectivity index (χ4v) is 2.64. The molecular formula is C14H20ClNO4S. The van der Waals surface area contributed by atoms with Crippen LogP contribution in [-0.4, -0.2) is 27.0 Å². The molecule has 0 aliphatic rings. The van der Waals surface area contributed by atoms with Gasteiger partial charge in [0.2, 0.25) is 0 Å². The van der Waals surface area contributed by atoms with E-state index in [-0.39, 0.29) is 16.6 Å². The van der Waals surface area contributed by atoms with E-state index in [1.807, 2.05) is 13.8 Å². The molecule has 1 atom stereocenters. The van der Waals surface area contributed by atoms with Gasteiger partial charge in [0.1, 0.15) is 10.6 Å². The number of benzene rings is 1. The average molecular weight is 334 g/mol. The van der Waals surface area contributed by atoms with Gasteiger partial charge < -0.3 is 10.1 Å². The second-order valence-electron chi connectivity index (χ2n) is 5.29. The van der Waals surface area contributed by atoms with E-state index in [1.54, 1.807) is 19.9 Å². The summed E-state index contributed by atoms with van der Waals surface area (Å²) in [4.78, 5) is 11.7. The Morgan fingerprint density at radius 3 is 2.48 bits per heavy atom. The summed E-state index contributed by atoms with van der Waals surface area (Å²) in [5.74, 6) is 0.0873. The minimum absolute atomic E-state index is 0.0720. The van der Waals surface area contributed by atoms with Gasteiger partial charge in [-0.15, -0.1) is 0 Å². The van der Waals surface area contributed by atoms with E-state index in [0.717, 1.165) is 5.56 Å². The van der Waals surface area contributed by atoms with Gasteiger partial charge in [-0.3, -0.25) is 4.79 Å². The lowest BCUT2D eigenvalue weighted by atomic mass is 10.2. The molecule has 0 aromatic heterocycles. The van der Waals surface area contributed by atoms with Crippen LogP contribution in [-0.2, 0) is 13.8 Å². The van der Waals surface area contributed by atoms with E-state index in [2.05, 4.69) is 5.32 Å². The molecule has 0 fully saturated rings. The van der Waals surface area contributed by atoms with Crippen molar-refractivity contribution in [3.63, 3.8) is 0 Å². The smallest absolute Gasteiger partial charge is 0.264 e. The molecule has 1 N–H and O–H groups in total. The Hall–Kier alpha value is -1.27. The summed E-state index contributed by atoms with van der Waals surface area (Å²) in [6.45, 7) is 7.78. The van der Waals surface area contributed by atoms with Crippen molar-refractivity contribution in [3.8, 4) is 5.75 Å². The lowest BCUT2D eigenvalue weighted by Crippen LogP contribution is -2.38. The van der Waals surface area contributed by atoms with Gasteiger partial charge in [-0.05, 0) is 37.5 Å². The van der Waals surface area contributed by atoms with Gasteiger partial charge in [0.05, 0.1) is 0 Å². The Morgan fingerprint density at radius 2 is 1.95 bits per heavy atom. The number of hydrogen-bond donors (Lipinski definition) is 1. The summed E-state index contributed by atoms with van der Waals surface area (Å²) in [6, 6.07) is 4.60. The molecule has 0 saturated carbocycles. The van der Waals surface area contributed by atoms with Gasteiger partial charge in [-0.25, -0.2) is 8.42 Å². The first-order valence-electron chi connectivity index (χ1n) is 6.61. The molecule has 0 radical (unpaired) electrons. The summed E-state index contributed by atoms with van der Waals surface area (Å²) in [6.07, 6.45) is -0.816. The standard InChI is InChI=1S/C14H20ClNO4S/c1-9(2)8-16-14(17)11(4)20-12-6-5-10(3)7-13(12)21(15,18)19/h5-7,9,11H,8H2,1-4H3,(H,16,17). The van der Waals surface area contributed by atoms with Crippen molar-refractivity contribution >= 4 is 25.6 Å². The Labute approximate surface area is 130 Å². The summed E-state index contributed by atoms with van der Waals surface area (Å²) < 4.78 is 28.6. The highest BCUT2D eigenvalue weighted by Crippen LogP contribution is 2.28. The molecule has 0 bridgehead atoms. The number of carbonyl (C=O) groups is 1. The van der Waals surface area contributed by atoms with Crippen LogP contribution in [0.25, 0.3) is 0 Å². The van der Waals surface area contributed by atoms with Crippen molar-refractivity contribution in [2.24, 2.45) is 5.92 Å². The van der Waals surface area contributed by atoms with Crippen LogP contribution < -0.4 is 10.1 Å². The van der Waals surface area contributed by atoms with Crippen LogP contribution in [0, 0.1) is 12.8 Å². The third-order valence-corrected chi connectivity index (χ3v) is 4.06. The fraction of sp³-hybridized carbons (Fsp3) is 0.500. The van der Waals surface area contributed by atoms with Crippen molar-refractivity contribution in [1.82, 2.24) is 5.32 Å². The molecule has 0 spiro atoms. The van der Waals surface area contributed by atoms with Crippen molar-refractivity contribution in [2.45, 2.75) is 38.7 Å². The second-order valence-corrected chi connectivity index (χ2v) is 7.82. The minimum Gasteiger partial charge on any atom is -0.479 e. The number of hydrogen-bond acceptors (Lipinski definition) is 4. The zero-order chi connectivity index (χ0) is 16.2. The molecule has 5 nitrogen and oxygen atoms in total. The Balaban J connectivity index is 2.90. The lowest BCUT2D eigenvalue weighted by Gasteiger charge is -2.17. The first-order chi connectivity index (χ1) is 9.61. The molecule has 21 heavy (non-hydrogen) atoms. The predicted molar refractivity (Wildman–Crippen MR) is 82.2 cm³/mol. The number of carbonyl (C=O) groups excluding carboxylic acids is 1. The maximum absolute atomic E-state index is 11.9. The third-order valence-electron chi connectivity index (χ3n) is 2.72. The van der Waals surface area contributed by atoms with Crippen LogP contribution in [0.5, 0.6) is 5.75 Å². The molecule has 7 heteroatoms. The van der Waals surface area contributed by atoms with Crippen LogP contribution in [0.3, 0.4) is 0 Å². The largest absolute Gasteiger partial charge is 0.479 e. The van der Waals surface area contributed by atoms with Gasteiger partial charge >= 0.3 is 0 Å². The van der Waals surface area contributed by atoms with Crippen molar-refractivity contribution in [2.75, 3.05) is 6.54 Å². The number of amides is 1. The van der Waals surface area contributed by atoms with Gasteiger partial charge in [-0.2, -0.15) is 0 Å². The molecule has 0 aliphatic carbocycles. The average Bonchev–Trinajstić information content (AvgIpc) is 2.36. The Bertz CT molecular complexity index is 613. The molecule has 1 rings (SSSR count). The number of rotatable bonds is 6. The van der Waals surface area contributed by atoms with E-state index in [0.29, 0.717) is 12.5 Å². The van der Waals surface area contributed by atoms with E-state index in [4.69, 9.17) is 15.4 Å². The highest BCUT2D eigenvalue weighted by atomic mass is 35.7. The molecule has 1 aromatic carbocycles. The number of nitrogens with one attached hydrogen (secondary N) is 1. The summed E-state index contributed by atoms with van der Waals surface area (Å²) in [5.41, 5.74) is 0.735. The Kier molecular flexibility index (Phi) is 6.04. The predicted octanol–water partition coefficient (Wildman–Crippen LogP) is 2.46. The highest BCUT2D eigenvalue weighted by molar-refractivity contribution is 8.13. The summed E-state index contributed by atoms with van der Waals surface area (Å²) in [7, 11) is 1.46. The highest BCUT2D eigenvalue weighted by Gasteiger charge is 2.21. The van der Waals surface area contributed by atoms with E-state index in [9.17, 15) is 13.2 Å². The maximum Gasteiger partial charge on any atom is 0.264 e. The number of ether oxygens (including phenoxy) is 1. The maximum atomic E-state index is 11.9. The first kappa shape index (κ1) is 17.8. The van der Waals surface area contributed by atoms with Gasteiger partial charge in [0, 0.05) is 17.2 Å². The third kappa shape index (κ3) is 5.55. The molecule has 1 unspecified atom stereocenters. The topological polar surface area (TPSA) is 72.5 Å². The Morgan fingerprint density at radius 1 is 1.33 bits per heavy atom. The van der Waals surface area contributed by atoms with Crippen molar-refractivity contribution in [1.29, 1.82) is 0 Å². The summed E-state index contributed by atoms with van der Waals surface area (Å²) in [5, 5.41) is 2.73. The SMILES string of the molecule is Cc1ccc(OC(C)C(=O)NCC(C)C)c(S(=O)(=O)Cl)c1. The molecule has 1 amide bonds. The molecule has 118 valence electrons. The van der Waals surface area contributed by atoms with Gasteiger partial charge in [0.15, 0.2) is 6.10 Å². The molecule has 1 aromatic rings. The monoisotopic (exact) mass is 333 g/mol. The van der Waals surface area contributed by atoms with Gasteiger partial charge in [-0.1, -0.05) is 19.9 Å². The molecular weight excluding hydrogens is 314 g/mol. The summed E-state index contributed by atoms with van der Waals surface area (Å²) >= 11 is 0. The van der Waals surface area contributed by atoms with Crippen LogP contribution in [0.1, 0.15) is 26.3 Å². The fourth-order valence-electron chi connectivity index (χ4n) is 1.60. The van der Waals surface area contributed by atoms with Gasteiger partial charge in [0.25, 0.3) is 15.0 Å².